The topological polar surface area (TPSA) is 234 Å². The molecular formula is C32H38O17. The number of phenols is 1. The summed E-state index contributed by atoms with van der Waals surface area (Å²) < 4.78 is 57.7. The number of ether oxygens (including phenoxy) is 10. The highest BCUT2D eigenvalue weighted by Crippen LogP contribution is 2.55. The van der Waals surface area contributed by atoms with Gasteiger partial charge in [0.05, 0.1) is 38.1 Å². The predicted molar refractivity (Wildman–Crippen MR) is 157 cm³/mol. The van der Waals surface area contributed by atoms with E-state index in [1.807, 2.05) is 0 Å². The van der Waals surface area contributed by atoms with Crippen molar-refractivity contribution < 1.29 is 83.1 Å². The van der Waals surface area contributed by atoms with Crippen molar-refractivity contribution in [3.8, 4) is 34.5 Å². The first-order valence-corrected chi connectivity index (χ1v) is 16.1. The van der Waals surface area contributed by atoms with Crippen LogP contribution in [-0.2, 0) is 23.7 Å². The highest BCUT2D eigenvalue weighted by Gasteiger charge is 2.51. The molecule has 7 N–H and O–H groups in total. The van der Waals surface area contributed by atoms with E-state index in [9.17, 15) is 35.7 Å². The van der Waals surface area contributed by atoms with E-state index in [-0.39, 0.29) is 42.7 Å². The predicted octanol–water partition coefficient (Wildman–Crippen LogP) is -1.04. The van der Waals surface area contributed by atoms with Crippen LogP contribution in [0, 0.1) is 11.8 Å². The van der Waals surface area contributed by atoms with Gasteiger partial charge in [-0.05, 0) is 30.7 Å². The van der Waals surface area contributed by atoms with Crippen molar-refractivity contribution >= 4 is 0 Å². The lowest BCUT2D eigenvalue weighted by molar-refractivity contribution is -0.318. The first-order valence-electron chi connectivity index (χ1n) is 16.1. The van der Waals surface area contributed by atoms with Gasteiger partial charge in [-0.15, -0.1) is 0 Å². The molecule has 0 spiro atoms. The minimum absolute atomic E-state index is 0.0116. The van der Waals surface area contributed by atoms with Crippen LogP contribution in [0.1, 0.15) is 30.3 Å². The lowest BCUT2D eigenvalue weighted by atomic mass is 9.84. The summed E-state index contributed by atoms with van der Waals surface area (Å²) in [5.41, 5.74) is 1.26. The van der Waals surface area contributed by atoms with Crippen LogP contribution in [-0.4, -0.2) is 131 Å². The molecule has 268 valence electrons. The van der Waals surface area contributed by atoms with Crippen molar-refractivity contribution in [3.63, 3.8) is 0 Å². The van der Waals surface area contributed by atoms with Gasteiger partial charge in [0.25, 0.3) is 0 Å². The van der Waals surface area contributed by atoms with Crippen LogP contribution >= 0.6 is 0 Å². The Balaban J connectivity index is 1.01. The number of rotatable bonds is 7. The second-order valence-electron chi connectivity index (χ2n) is 13.0. The molecule has 0 saturated carbocycles. The van der Waals surface area contributed by atoms with Gasteiger partial charge >= 0.3 is 0 Å². The average Bonchev–Trinajstić information content (AvgIpc) is 3.90. The van der Waals surface area contributed by atoms with Gasteiger partial charge in [0.2, 0.25) is 25.6 Å². The number of aliphatic hydroxyl groups is 6. The van der Waals surface area contributed by atoms with Crippen molar-refractivity contribution in [2.45, 2.75) is 80.5 Å². The fraction of sp³-hybridized carbons (Fsp3) is 0.625. The summed E-state index contributed by atoms with van der Waals surface area (Å²) in [4.78, 5) is 0. The van der Waals surface area contributed by atoms with Crippen LogP contribution in [0.15, 0.2) is 24.3 Å². The highest BCUT2D eigenvalue weighted by atomic mass is 16.7. The third-order valence-corrected chi connectivity index (χ3v) is 10.0. The quantitative estimate of drug-likeness (QED) is 0.183. The van der Waals surface area contributed by atoms with Crippen LogP contribution < -0.4 is 23.7 Å². The van der Waals surface area contributed by atoms with Crippen LogP contribution in [0.25, 0.3) is 0 Å². The number of fused-ring (bicyclic) bond motifs is 3. The smallest absolute Gasteiger partial charge is 0.231 e. The molecule has 2 aromatic rings. The van der Waals surface area contributed by atoms with E-state index in [2.05, 4.69) is 0 Å². The van der Waals surface area contributed by atoms with Gasteiger partial charge in [0.15, 0.2) is 29.3 Å². The Morgan fingerprint density at radius 1 is 0.673 bits per heavy atom. The van der Waals surface area contributed by atoms with E-state index < -0.39 is 80.2 Å². The van der Waals surface area contributed by atoms with Crippen LogP contribution in [0.2, 0.25) is 0 Å². The van der Waals surface area contributed by atoms with E-state index in [1.54, 1.807) is 24.3 Å². The Morgan fingerprint density at radius 2 is 1.33 bits per heavy atom. The first-order chi connectivity index (χ1) is 23.6. The zero-order valence-corrected chi connectivity index (χ0v) is 26.1. The SMILES string of the molecule is C[C@@H]1O[C@@H](OC[C@@H]2O[C@@H](Oc3cc4c(cc3[C@H]3OC[C@H]5[C@H]3CO[C@H]5c3cc(O)c5c(c3)OCO5)OCO4)[C@H](O)[C@@H](O)[C@@H]2O)[C@@H](O)[C@@H](O)[C@@H]1O. The largest absolute Gasteiger partial charge is 0.504 e. The van der Waals surface area contributed by atoms with Crippen molar-refractivity contribution in [3.05, 3.63) is 35.4 Å². The molecule has 8 rings (SSSR count). The summed E-state index contributed by atoms with van der Waals surface area (Å²) in [7, 11) is 0. The summed E-state index contributed by atoms with van der Waals surface area (Å²) in [5.74, 6) is 1.41. The van der Waals surface area contributed by atoms with Gasteiger partial charge in [-0.3, -0.25) is 0 Å². The minimum atomic E-state index is -1.72. The maximum atomic E-state index is 10.9. The molecule has 0 amide bonds. The third kappa shape index (κ3) is 5.72. The molecular weight excluding hydrogens is 656 g/mol. The number of aliphatic hydroxyl groups excluding tert-OH is 6. The van der Waals surface area contributed by atoms with E-state index in [4.69, 9.17) is 47.4 Å². The van der Waals surface area contributed by atoms with Crippen molar-refractivity contribution in [1.29, 1.82) is 0 Å². The molecule has 6 aliphatic rings. The zero-order valence-electron chi connectivity index (χ0n) is 26.1. The normalized spacial score (nSPS) is 40.8. The molecule has 2 aromatic carbocycles. The van der Waals surface area contributed by atoms with Gasteiger partial charge in [-0.25, -0.2) is 0 Å². The summed E-state index contributed by atoms with van der Waals surface area (Å²) in [6.07, 6.45) is -15.5. The maximum Gasteiger partial charge on any atom is 0.231 e. The number of aromatic hydroxyl groups is 1. The fourth-order valence-electron chi connectivity index (χ4n) is 7.27. The summed E-state index contributed by atoms with van der Waals surface area (Å²) >= 11 is 0. The molecule has 6 aliphatic heterocycles. The van der Waals surface area contributed by atoms with E-state index in [0.717, 1.165) is 0 Å². The summed E-state index contributed by atoms with van der Waals surface area (Å²) in [6, 6.07) is 6.66. The standard InChI is InChI=1S/C32H38O17/c1-11-22(34)24(36)26(38)31(47-11)42-8-21-23(35)25(37)27(39)32(49-21)48-17-5-19-18(43-9-44-19)4-13(17)29-15-7-40-28(14(15)6-41-29)12-2-16(33)30-20(3-12)45-10-46-30/h2-5,11,14-15,21-29,31-39H,6-10H2,1H3/t11-,14-,15+,21-,22+,23+,24-,25-,26-,27+,28-,29+,31+,32+/m0/s1. The second-order valence-corrected chi connectivity index (χ2v) is 13.0. The molecule has 14 atom stereocenters. The number of hydrogen-bond acceptors (Lipinski definition) is 17. The molecule has 49 heavy (non-hydrogen) atoms. The first kappa shape index (κ1) is 33.0. The summed E-state index contributed by atoms with van der Waals surface area (Å²) in [5, 5.41) is 73.3. The Hall–Kier alpha value is -3.20. The lowest BCUT2D eigenvalue weighted by Gasteiger charge is -2.42. The molecule has 0 aromatic heterocycles. The zero-order chi connectivity index (χ0) is 34.1. The molecule has 0 bridgehead atoms. The van der Waals surface area contributed by atoms with Gasteiger partial charge in [-0.2, -0.15) is 0 Å². The van der Waals surface area contributed by atoms with Crippen LogP contribution in [0.4, 0.5) is 0 Å². The Kier molecular flexibility index (Phi) is 8.64. The second kappa shape index (κ2) is 12.8. The van der Waals surface area contributed by atoms with Crippen molar-refractivity contribution in [2.24, 2.45) is 11.8 Å². The number of hydrogen-bond donors (Lipinski definition) is 7. The Labute approximate surface area is 278 Å². The molecule has 6 heterocycles. The van der Waals surface area contributed by atoms with E-state index >= 15 is 0 Å². The van der Waals surface area contributed by atoms with Gasteiger partial charge in [0, 0.05) is 23.5 Å². The summed E-state index contributed by atoms with van der Waals surface area (Å²) in [6.45, 7) is 1.66. The fourth-order valence-corrected chi connectivity index (χ4v) is 7.27. The van der Waals surface area contributed by atoms with Gasteiger partial charge in [-0.1, -0.05) is 0 Å². The Bertz CT molecular complexity index is 1540. The number of phenolic OH excluding ortho intramolecular Hbond substituents is 1. The van der Waals surface area contributed by atoms with Crippen LogP contribution in [0.5, 0.6) is 34.5 Å². The van der Waals surface area contributed by atoms with E-state index in [0.29, 0.717) is 41.6 Å². The third-order valence-electron chi connectivity index (χ3n) is 10.0. The molecule has 0 unspecified atom stereocenters. The maximum absolute atomic E-state index is 10.9. The van der Waals surface area contributed by atoms with Gasteiger partial charge in [0.1, 0.15) is 48.5 Å². The van der Waals surface area contributed by atoms with E-state index in [1.165, 1.54) is 6.92 Å². The molecule has 0 radical (unpaired) electrons. The van der Waals surface area contributed by atoms with Crippen molar-refractivity contribution in [1.82, 2.24) is 0 Å². The molecule has 4 fully saturated rings. The minimum Gasteiger partial charge on any atom is -0.504 e. The molecule has 17 nitrogen and oxygen atoms in total. The van der Waals surface area contributed by atoms with Crippen molar-refractivity contribution in [2.75, 3.05) is 33.4 Å². The molecule has 17 heteroatoms. The van der Waals surface area contributed by atoms with Crippen LogP contribution in [0.3, 0.4) is 0 Å². The lowest BCUT2D eigenvalue weighted by Crippen LogP contribution is -2.61. The molecule has 0 aliphatic carbocycles. The van der Waals surface area contributed by atoms with Gasteiger partial charge < -0.3 is 83.1 Å². The molecule has 4 saturated heterocycles. The Morgan fingerprint density at radius 3 is 2.12 bits per heavy atom. The average molecular weight is 695 g/mol. The highest BCUT2D eigenvalue weighted by molar-refractivity contribution is 5.55. The monoisotopic (exact) mass is 694 g/mol. The number of benzene rings is 2.